The van der Waals surface area contributed by atoms with E-state index in [0.29, 0.717) is 12.3 Å². The van der Waals surface area contributed by atoms with Crippen molar-refractivity contribution in [1.29, 1.82) is 0 Å². The molecule has 3 aromatic rings. The predicted molar refractivity (Wildman–Crippen MR) is 146 cm³/mol. The highest BCUT2D eigenvalue weighted by molar-refractivity contribution is 5.97. The normalized spacial score (nSPS) is 18.4. The van der Waals surface area contributed by atoms with E-state index in [9.17, 15) is 4.79 Å². The molecule has 0 bridgehead atoms. The number of para-hydroxylation sites is 1. The first-order valence-corrected chi connectivity index (χ1v) is 13.1. The molecule has 2 saturated heterocycles. The van der Waals surface area contributed by atoms with Crippen LogP contribution in [0.4, 0.5) is 11.5 Å². The number of carbonyl (C=O) groups excluding carboxylic acids is 1. The molecule has 0 aliphatic carbocycles. The van der Waals surface area contributed by atoms with E-state index in [1.165, 1.54) is 5.69 Å². The largest absolute Gasteiger partial charge is 0.492 e. The molecule has 0 saturated carbocycles. The average molecular weight is 502 g/mol. The summed E-state index contributed by atoms with van der Waals surface area (Å²) in [4.78, 5) is 26.5. The van der Waals surface area contributed by atoms with Crippen LogP contribution in [0.25, 0.3) is 11.3 Å². The minimum atomic E-state index is -0.291. The molecular weight excluding hydrogens is 466 g/mol. The lowest BCUT2D eigenvalue weighted by Gasteiger charge is -2.36. The number of nitrogens with two attached hydrogens (primary N) is 1. The van der Waals surface area contributed by atoms with E-state index in [2.05, 4.69) is 60.7 Å². The lowest BCUT2D eigenvalue weighted by atomic mass is 10.1. The lowest BCUT2D eigenvalue weighted by Crippen LogP contribution is -2.47. The van der Waals surface area contributed by atoms with Gasteiger partial charge in [-0.15, -0.1) is 0 Å². The fourth-order valence-corrected chi connectivity index (χ4v) is 4.84. The van der Waals surface area contributed by atoms with Gasteiger partial charge in [-0.05, 0) is 43.7 Å². The average Bonchev–Trinajstić information content (AvgIpc) is 2.95. The van der Waals surface area contributed by atoms with Crippen LogP contribution in [-0.4, -0.2) is 79.2 Å². The van der Waals surface area contributed by atoms with Crippen LogP contribution in [0.5, 0.6) is 5.75 Å². The minimum absolute atomic E-state index is 0.0733. The van der Waals surface area contributed by atoms with Crippen molar-refractivity contribution in [1.82, 2.24) is 25.5 Å². The number of hydrogen-bond donors (Lipinski definition) is 3. The van der Waals surface area contributed by atoms with Crippen LogP contribution >= 0.6 is 0 Å². The van der Waals surface area contributed by atoms with Gasteiger partial charge in [-0.25, -0.2) is 9.97 Å². The number of anilines is 2. The van der Waals surface area contributed by atoms with Crippen LogP contribution in [0.2, 0.25) is 0 Å². The van der Waals surface area contributed by atoms with E-state index in [1.54, 1.807) is 6.20 Å². The molecule has 2 aromatic carbocycles. The van der Waals surface area contributed by atoms with E-state index in [0.717, 1.165) is 70.0 Å². The summed E-state index contributed by atoms with van der Waals surface area (Å²) in [5.41, 5.74) is 8.86. The Bertz CT molecular complexity index is 1180. The highest BCUT2D eigenvalue weighted by atomic mass is 16.5. The number of aromatic nitrogens is 2. The van der Waals surface area contributed by atoms with Gasteiger partial charge in [0.1, 0.15) is 12.4 Å². The minimum Gasteiger partial charge on any atom is -0.492 e. The Kier molecular flexibility index (Phi) is 8.12. The number of benzene rings is 2. The van der Waals surface area contributed by atoms with E-state index in [-0.39, 0.29) is 23.5 Å². The van der Waals surface area contributed by atoms with Gasteiger partial charge in [-0.2, -0.15) is 0 Å². The number of nitrogen functional groups attached to an aromatic ring is 1. The first kappa shape index (κ1) is 25.0. The molecule has 0 spiro atoms. The standard InChI is InChI=1S/C28H35N7O2/c29-27-26(28(36)32-22-7-5-11-30-19-22)33-25(20-31-27)21-6-4-10-24(18-21)37-17-16-34-12-14-35(15-13-34)23-8-2-1-3-9-23/h1-4,6,8-10,18,20,22,30H,5,7,11-17,19H2,(H2,29,31)(H,32,36). The highest BCUT2D eigenvalue weighted by Crippen LogP contribution is 2.23. The van der Waals surface area contributed by atoms with Crippen LogP contribution in [0.3, 0.4) is 0 Å². The van der Waals surface area contributed by atoms with Gasteiger partial charge in [0, 0.05) is 56.6 Å². The van der Waals surface area contributed by atoms with E-state index >= 15 is 0 Å². The third-order valence-corrected chi connectivity index (χ3v) is 6.95. The second-order valence-electron chi connectivity index (χ2n) is 9.55. The summed E-state index contributed by atoms with van der Waals surface area (Å²) in [5, 5.41) is 6.32. The highest BCUT2D eigenvalue weighted by Gasteiger charge is 2.21. The van der Waals surface area contributed by atoms with Crippen LogP contribution in [-0.2, 0) is 0 Å². The third kappa shape index (κ3) is 6.55. The van der Waals surface area contributed by atoms with Crippen molar-refractivity contribution < 1.29 is 9.53 Å². The first-order chi connectivity index (χ1) is 18.2. The third-order valence-electron chi connectivity index (χ3n) is 6.95. The Hall–Kier alpha value is -3.69. The van der Waals surface area contributed by atoms with Gasteiger partial charge in [0.05, 0.1) is 11.9 Å². The van der Waals surface area contributed by atoms with Crippen molar-refractivity contribution in [2.45, 2.75) is 18.9 Å². The molecule has 1 atom stereocenters. The molecule has 2 aliphatic heterocycles. The number of nitrogens with zero attached hydrogens (tertiary/aromatic N) is 4. The zero-order valence-electron chi connectivity index (χ0n) is 21.1. The smallest absolute Gasteiger partial charge is 0.274 e. The molecule has 4 N–H and O–H groups in total. The number of nitrogens with one attached hydrogen (secondary N) is 2. The molecule has 194 valence electrons. The van der Waals surface area contributed by atoms with E-state index < -0.39 is 0 Å². The molecule has 9 heteroatoms. The summed E-state index contributed by atoms with van der Waals surface area (Å²) in [5.74, 6) is 0.600. The second-order valence-corrected chi connectivity index (χ2v) is 9.55. The summed E-state index contributed by atoms with van der Waals surface area (Å²) in [7, 11) is 0. The molecular formula is C28H35N7O2. The summed E-state index contributed by atoms with van der Waals surface area (Å²) in [6, 6.07) is 18.4. The summed E-state index contributed by atoms with van der Waals surface area (Å²) >= 11 is 0. The molecule has 37 heavy (non-hydrogen) atoms. The Morgan fingerprint density at radius 2 is 1.95 bits per heavy atom. The quantitative estimate of drug-likeness (QED) is 0.432. The maximum absolute atomic E-state index is 12.8. The molecule has 2 aliphatic rings. The first-order valence-electron chi connectivity index (χ1n) is 13.1. The van der Waals surface area contributed by atoms with Gasteiger partial charge in [0.15, 0.2) is 11.5 Å². The maximum atomic E-state index is 12.8. The van der Waals surface area contributed by atoms with Gasteiger partial charge in [0.2, 0.25) is 0 Å². The zero-order valence-corrected chi connectivity index (χ0v) is 21.1. The summed E-state index contributed by atoms with van der Waals surface area (Å²) < 4.78 is 6.07. The van der Waals surface area contributed by atoms with E-state index in [1.807, 2.05) is 24.3 Å². The fourth-order valence-electron chi connectivity index (χ4n) is 4.84. The maximum Gasteiger partial charge on any atom is 0.274 e. The van der Waals surface area contributed by atoms with Crippen LogP contribution in [0.15, 0.2) is 60.8 Å². The zero-order chi connectivity index (χ0) is 25.5. The van der Waals surface area contributed by atoms with Gasteiger partial charge in [0.25, 0.3) is 5.91 Å². The molecule has 1 unspecified atom stereocenters. The summed E-state index contributed by atoms with van der Waals surface area (Å²) in [6.45, 7) is 7.27. The van der Waals surface area contributed by atoms with Crippen LogP contribution in [0.1, 0.15) is 23.3 Å². The Balaban J connectivity index is 1.15. The SMILES string of the molecule is Nc1ncc(-c2cccc(OCCN3CCN(c4ccccc4)CC3)c2)nc1C(=O)NC1CCCNC1. The van der Waals surface area contributed by atoms with Gasteiger partial charge in [-0.1, -0.05) is 30.3 Å². The van der Waals surface area contributed by atoms with Gasteiger partial charge < -0.3 is 26.0 Å². The monoisotopic (exact) mass is 501 g/mol. The number of rotatable bonds is 8. The Labute approximate surface area is 218 Å². The predicted octanol–water partition coefficient (Wildman–Crippen LogP) is 2.41. The number of piperidine rings is 1. The van der Waals surface area contributed by atoms with Gasteiger partial charge in [-0.3, -0.25) is 9.69 Å². The number of carbonyl (C=O) groups is 1. The number of amides is 1. The van der Waals surface area contributed by atoms with Crippen molar-refractivity contribution in [3.05, 3.63) is 66.5 Å². The van der Waals surface area contributed by atoms with Gasteiger partial charge >= 0.3 is 0 Å². The van der Waals surface area contributed by atoms with Crippen LogP contribution in [0, 0.1) is 0 Å². The van der Waals surface area contributed by atoms with E-state index in [4.69, 9.17) is 10.5 Å². The van der Waals surface area contributed by atoms with Crippen molar-refractivity contribution in [2.75, 3.05) is 63.1 Å². The number of piperazine rings is 1. The molecule has 0 radical (unpaired) electrons. The number of hydrogen-bond acceptors (Lipinski definition) is 8. The second kappa shape index (κ2) is 12.0. The summed E-state index contributed by atoms with van der Waals surface area (Å²) in [6.07, 6.45) is 3.57. The lowest BCUT2D eigenvalue weighted by molar-refractivity contribution is 0.0926. The Morgan fingerprint density at radius 3 is 2.73 bits per heavy atom. The Morgan fingerprint density at radius 1 is 1.11 bits per heavy atom. The molecule has 9 nitrogen and oxygen atoms in total. The van der Waals surface area contributed by atoms with Crippen molar-refractivity contribution in [3.8, 4) is 17.0 Å². The molecule has 2 fully saturated rings. The van der Waals surface area contributed by atoms with Crippen molar-refractivity contribution >= 4 is 17.4 Å². The molecule has 1 aromatic heterocycles. The van der Waals surface area contributed by atoms with Crippen molar-refractivity contribution in [2.24, 2.45) is 0 Å². The fraction of sp³-hybridized carbons (Fsp3) is 0.393. The topological polar surface area (TPSA) is 109 Å². The molecule has 3 heterocycles. The van der Waals surface area contributed by atoms with Crippen molar-refractivity contribution in [3.63, 3.8) is 0 Å². The molecule has 1 amide bonds. The number of ether oxygens (including phenoxy) is 1. The van der Waals surface area contributed by atoms with Crippen LogP contribution < -0.4 is 26.0 Å². The molecule has 5 rings (SSSR count).